The van der Waals surface area contributed by atoms with Gasteiger partial charge in [-0.25, -0.2) is 0 Å². The molecule has 0 N–H and O–H groups in total. The molecule has 39 heavy (non-hydrogen) atoms. The van der Waals surface area contributed by atoms with Crippen molar-refractivity contribution in [1.82, 2.24) is 0 Å². The Morgan fingerprint density at radius 1 is 0.513 bits per heavy atom. The van der Waals surface area contributed by atoms with Crippen LogP contribution in [0.15, 0.2) is 149 Å². The molecule has 0 atom stereocenters. The van der Waals surface area contributed by atoms with E-state index in [0.717, 1.165) is 5.69 Å². The lowest BCUT2D eigenvalue weighted by Gasteiger charge is -2.37. The minimum absolute atomic E-state index is 0.0885. The van der Waals surface area contributed by atoms with Crippen molar-refractivity contribution in [2.45, 2.75) is 29.1 Å². The molecule has 7 rings (SSSR count). The summed E-state index contributed by atoms with van der Waals surface area (Å²) in [7, 11) is 0. The van der Waals surface area contributed by atoms with Crippen molar-refractivity contribution < 1.29 is 0 Å². The number of hydrogen-bond donors (Lipinski definition) is 0. The Hall–Kier alpha value is -4.27. The molecular formula is C37H29NS. The number of rotatable bonds is 4. The second-order valence-electron chi connectivity index (χ2n) is 10.6. The molecule has 0 radical (unpaired) electrons. The van der Waals surface area contributed by atoms with Gasteiger partial charge < -0.3 is 4.90 Å². The maximum Gasteiger partial charge on any atom is 0.0604 e. The lowest BCUT2D eigenvalue weighted by atomic mass is 9.77. The summed E-state index contributed by atoms with van der Waals surface area (Å²) >= 11 is 1.89. The molecule has 188 valence electrons. The fourth-order valence-electron chi connectivity index (χ4n) is 5.87. The molecule has 0 fully saturated rings. The van der Waals surface area contributed by atoms with Crippen LogP contribution >= 0.6 is 11.8 Å². The summed E-state index contributed by atoms with van der Waals surface area (Å²) < 4.78 is 0. The van der Waals surface area contributed by atoms with E-state index in [-0.39, 0.29) is 5.41 Å². The van der Waals surface area contributed by atoms with Crippen molar-refractivity contribution in [3.63, 3.8) is 0 Å². The summed E-state index contributed by atoms with van der Waals surface area (Å²) in [6.07, 6.45) is 0. The highest BCUT2D eigenvalue weighted by atomic mass is 32.2. The van der Waals surface area contributed by atoms with Crippen LogP contribution in [0.4, 0.5) is 17.1 Å². The van der Waals surface area contributed by atoms with Crippen LogP contribution in [-0.2, 0) is 5.41 Å². The highest BCUT2D eigenvalue weighted by molar-refractivity contribution is 7.99. The van der Waals surface area contributed by atoms with Gasteiger partial charge in [0, 0.05) is 26.3 Å². The third-order valence-corrected chi connectivity index (χ3v) is 9.13. The van der Waals surface area contributed by atoms with Gasteiger partial charge in [-0.3, -0.25) is 0 Å². The molecule has 0 amide bonds. The number of hydrogen-bond acceptors (Lipinski definition) is 2. The van der Waals surface area contributed by atoms with E-state index in [1.165, 1.54) is 54.2 Å². The molecule has 0 saturated carbocycles. The first-order valence-corrected chi connectivity index (χ1v) is 14.3. The molecule has 6 aromatic rings. The molecule has 6 aromatic carbocycles. The van der Waals surface area contributed by atoms with E-state index in [1.54, 1.807) is 0 Å². The molecule has 1 aliphatic rings. The molecule has 0 bridgehead atoms. The molecule has 0 aliphatic carbocycles. The van der Waals surface area contributed by atoms with Gasteiger partial charge in [-0.1, -0.05) is 135 Å². The van der Waals surface area contributed by atoms with Gasteiger partial charge in [-0.2, -0.15) is 0 Å². The molecule has 0 aromatic heterocycles. The van der Waals surface area contributed by atoms with Gasteiger partial charge in [0.25, 0.3) is 0 Å². The number of benzene rings is 6. The number of anilines is 3. The van der Waals surface area contributed by atoms with E-state index in [2.05, 4.69) is 158 Å². The summed E-state index contributed by atoms with van der Waals surface area (Å²) in [5, 5.41) is 2.48. The third-order valence-electron chi connectivity index (χ3n) is 7.92. The van der Waals surface area contributed by atoms with E-state index in [0.29, 0.717) is 0 Å². The summed E-state index contributed by atoms with van der Waals surface area (Å²) in [6, 6.07) is 50.6. The van der Waals surface area contributed by atoms with Crippen LogP contribution in [0.25, 0.3) is 21.9 Å². The van der Waals surface area contributed by atoms with Gasteiger partial charge in [0.1, 0.15) is 0 Å². The van der Waals surface area contributed by atoms with Gasteiger partial charge in [-0.05, 0) is 58.0 Å². The normalized spacial score (nSPS) is 13.5. The molecule has 1 heterocycles. The fraction of sp³-hybridized carbons (Fsp3) is 0.0811. The van der Waals surface area contributed by atoms with Gasteiger partial charge in [0.15, 0.2) is 0 Å². The van der Waals surface area contributed by atoms with Crippen molar-refractivity contribution in [3.8, 4) is 11.1 Å². The Balaban J connectivity index is 1.46. The fourth-order valence-corrected chi connectivity index (χ4v) is 7.37. The van der Waals surface area contributed by atoms with Crippen molar-refractivity contribution in [1.29, 1.82) is 0 Å². The van der Waals surface area contributed by atoms with E-state index < -0.39 is 0 Å². The van der Waals surface area contributed by atoms with Gasteiger partial charge in [-0.15, -0.1) is 0 Å². The average Bonchev–Trinajstić information content (AvgIpc) is 2.99. The predicted molar refractivity (Wildman–Crippen MR) is 167 cm³/mol. The zero-order valence-electron chi connectivity index (χ0n) is 22.1. The molecule has 1 aliphatic heterocycles. The monoisotopic (exact) mass is 519 g/mol. The molecule has 0 saturated heterocycles. The maximum absolute atomic E-state index is 2.45. The zero-order chi connectivity index (χ0) is 26.4. The van der Waals surface area contributed by atoms with Crippen LogP contribution in [0.3, 0.4) is 0 Å². The first-order valence-electron chi connectivity index (χ1n) is 13.5. The van der Waals surface area contributed by atoms with E-state index in [9.17, 15) is 0 Å². The van der Waals surface area contributed by atoms with Gasteiger partial charge in [0.2, 0.25) is 0 Å². The standard InChI is InChI=1S/C37H29NS/c1-37(2)31-17-8-9-21-35(31)39-36-32(37)18-11-20-34(36)38(33-19-10-15-28-14-6-7-16-30(28)33)29-24-22-27(23-25-29)26-12-4-3-5-13-26/h3-25H,1-2H3. The summed E-state index contributed by atoms with van der Waals surface area (Å²) in [4.78, 5) is 5.11. The summed E-state index contributed by atoms with van der Waals surface area (Å²) in [6.45, 7) is 4.70. The minimum Gasteiger partial charge on any atom is -0.309 e. The number of fused-ring (bicyclic) bond motifs is 3. The quantitative estimate of drug-likeness (QED) is 0.228. The molecular weight excluding hydrogens is 490 g/mol. The van der Waals surface area contributed by atoms with Crippen molar-refractivity contribution in [2.24, 2.45) is 0 Å². The SMILES string of the molecule is CC1(C)c2ccccc2Sc2c(N(c3ccc(-c4ccccc4)cc3)c3cccc4ccccc34)cccc21. The Kier molecular flexibility index (Phi) is 5.79. The third kappa shape index (κ3) is 4.04. The largest absolute Gasteiger partial charge is 0.309 e. The summed E-state index contributed by atoms with van der Waals surface area (Å²) in [5.74, 6) is 0. The average molecular weight is 520 g/mol. The Morgan fingerprint density at radius 3 is 1.97 bits per heavy atom. The minimum atomic E-state index is -0.0885. The van der Waals surface area contributed by atoms with Crippen LogP contribution in [-0.4, -0.2) is 0 Å². The van der Waals surface area contributed by atoms with E-state index in [4.69, 9.17) is 0 Å². The topological polar surface area (TPSA) is 3.24 Å². The Bertz CT molecular complexity index is 1800. The number of nitrogens with zero attached hydrogens (tertiary/aromatic N) is 1. The van der Waals surface area contributed by atoms with Crippen molar-refractivity contribution >= 4 is 39.6 Å². The van der Waals surface area contributed by atoms with Crippen molar-refractivity contribution in [2.75, 3.05) is 4.90 Å². The lowest BCUT2D eigenvalue weighted by molar-refractivity contribution is 0.607. The van der Waals surface area contributed by atoms with Crippen LogP contribution in [0.5, 0.6) is 0 Å². The van der Waals surface area contributed by atoms with Crippen LogP contribution < -0.4 is 4.90 Å². The van der Waals surface area contributed by atoms with E-state index >= 15 is 0 Å². The first kappa shape index (κ1) is 23.8. The molecule has 0 unspecified atom stereocenters. The smallest absolute Gasteiger partial charge is 0.0604 e. The van der Waals surface area contributed by atoms with Crippen LogP contribution in [0.1, 0.15) is 25.0 Å². The highest BCUT2D eigenvalue weighted by Gasteiger charge is 2.35. The van der Waals surface area contributed by atoms with Gasteiger partial charge in [0.05, 0.1) is 11.4 Å². The highest BCUT2D eigenvalue weighted by Crippen LogP contribution is 2.54. The zero-order valence-corrected chi connectivity index (χ0v) is 23.0. The Morgan fingerprint density at radius 2 is 1.13 bits per heavy atom. The molecule has 1 nitrogen and oxygen atoms in total. The van der Waals surface area contributed by atoms with E-state index in [1.807, 2.05) is 11.8 Å². The van der Waals surface area contributed by atoms with Crippen LogP contribution in [0.2, 0.25) is 0 Å². The first-order chi connectivity index (χ1) is 19.1. The Labute approximate surface area is 234 Å². The van der Waals surface area contributed by atoms with Gasteiger partial charge >= 0.3 is 0 Å². The predicted octanol–water partition coefficient (Wildman–Crippen LogP) is 10.8. The van der Waals surface area contributed by atoms with Crippen molar-refractivity contribution in [3.05, 3.63) is 151 Å². The second kappa shape index (κ2) is 9.48. The molecule has 2 heteroatoms. The molecule has 0 spiro atoms. The second-order valence-corrected chi connectivity index (χ2v) is 11.7. The lowest BCUT2D eigenvalue weighted by Crippen LogP contribution is -2.25. The van der Waals surface area contributed by atoms with Crippen LogP contribution in [0, 0.1) is 0 Å². The maximum atomic E-state index is 2.45. The summed E-state index contributed by atoms with van der Waals surface area (Å²) in [5.41, 5.74) is 8.67.